The molecule has 1 aliphatic rings. The predicted octanol–water partition coefficient (Wildman–Crippen LogP) is 1.84. The minimum atomic E-state index is -0.251. The summed E-state index contributed by atoms with van der Waals surface area (Å²) in [5.41, 5.74) is 8.35. The van der Waals surface area contributed by atoms with Gasteiger partial charge in [-0.3, -0.25) is 0 Å². The van der Waals surface area contributed by atoms with Crippen LogP contribution >= 0.6 is 0 Å². The fraction of sp³-hybridized carbons (Fsp3) is 0.462. The molecule has 4 heteroatoms. The molecule has 0 radical (unpaired) electrons. The van der Waals surface area contributed by atoms with Crippen molar-refractivity contribution in [1.29, 1.82) is 0 Å². The summed E-state index contributed by atoms with van der Waals surface area (Å²) in [6.45, 7) is 3.81. The molecule has 4 nitrogen and oxygen atoms in total. The van der Waals surface area contributed by atoms with Gasteiger partial charge in [0.2, 0.25) is 0 Å². The van der Waals surface area contributed by atoms with Crippen molar-refractivity contribution in [2.45, 2.75) is 19.4 Å². The first-order valence-corrected chi connectivity index (χ1v) is 5.90. The molecule has 0 spiro atoms. The molecule has 0 bridgehead atoms. The Balaban J connectivity index is 2.00. The lowest BCUT2D eigenvalue weighted by Crippen LogP contribution is -2.41. The number of hydrogen-bond donors (Lipinski definition) is 1. The third kappa shape index (κ3) is 2.97. The van der Waals surface area contributed by atoms with Gasteiger partial charge in [0.15, 0.2) is 0 Å². The number of nitrogens with zero attached hydrogens (tertiary/aromatic N) is 1. The lowest BCUT2D eigenvalue weighted by Gasteiger charge is -2.28. The normalized spacial score (nSPS) is 17.8. The maximum absolute atomic E-state index is 11.5. The van der Waals surface area contributed by atoms with Crippen LogP contribution in [0.2, 0.25) is 0 Å². The van der Waals surface area contributed by atoms with Crippen molar-refractivity contribution in [1.82, 2.24) is 4.90 Å². The Hall–Kier alpha value is -1.55. The molecule has 0 aliphatic carbocycles. The van der Waals surface area contributed by atoms with Gasteiger partial charge in [-0.2, -0.15) is 0 Å². The van der Waals surface area contributed by atoms with Crippen molar-refractivity contribution >= 4 is 6.09 Å². The minimum Gasteiger partial charge on any atom is -0.449 e. The second-order valence-corrected chi connectivity index (χ2v) is 4.43. The summed E-state index contributed by atoms with van der Waals surface area (Å²) in [5, 5.41) is 0. The standard InChI is InChI=1S/C13H18N2O2/c1-10-4-2-5-11(8-10)12(14)9-15-6-3-7-17-13(15)16/h2,4-5,8,12H,3,6-7,9,14H2,1H3. The van der Waals surface area contributed by atoms with E-state index in [4.69, 9.17) is 10.5 Å². The van der Waals surface area contributed by atoms with Gasteiger partial charge < -0.3 is 15.4 Å². The smallest absolute Gasteiger partial charge is 0.409 e. The van der Waals surface area contributed by atoms with E-state index in [0.29, 0.717) is 13.2 Å². The van der Waals surface area contributed by atoms with Crippen LogP contribution in [0.4, 0.5) is 4.79 Å². The van der Waals surface area contributed by atoms with Crippen molar-refractivity contribution in [3.05, 3.63) is 35.4 Å². The predicted molar refractivity (Wildman–Crippen MR) is 65.6 cm³/mol. The van der Waals surface area contributed by atoms with Gasteiger partial charge in [0.25, 0.3) is 0 Å². The van der Waals surface area contributed by atoms with Crippen molar-refractivity contribution in [2.24, 2.45) is 5.73 Å². The van der Waals surface area contributed by atoms with Crippen LogP contribution in [0, 0.1) is 6.92 Å². The Kier molecular flexibility index (Phi) is 3.64. The summed E-state index contributed by atoms with van der Waals surface area (Å²) >= 11 is 0. The van der Waals surface area contributed by atoms with Crippen LogP contribution in [0.25, 0.3) is 0 Å². The number of benzene rings is 1. The summed E-state index contributed by atoms with van der Waals surface area (Å²) in [7, 11) is 0. The fourth-order valence-corrected chi connectivity index (χ4v) is 2.01. The first-order valence-electron chi connectivity index (χ1n) is 5.90. The maximum atomic E-state index is 11.5. The number of carbonyl (C=O) groups excluding carboxylic acids is 1. The number of cyclic esters (lactones) is 1. The second-order valence-electron chi connectivity index (χ2n) is 4.43. The van der Waals surface area contributed by atoms with E-state index >= 15 is 0 Å². The summed E-state index contributed by atoms with van der Waals surface area (Å²) in [6, 6.07) is 7.91. The van der Waals surface area contributed by atoms with Gasteiger partial charge >= 0.3 is 6.09 Å². The number of hydrogen-bond acceptors (Lipinski definition) is 3. The molecular formula is C13H18N2O2. The van der Waals surface area contributed by atoms with Gasteiger partial charge in [0, 0.05) is 19.1 Å². The molecule has 2 N–H and O–H groups in total. The average molecular weight is 234 g/mol. The molecule has 0 saturated carbocycles. The minimum absolute atomic E-state index is 0.152. The molecule has 1 heterocycles. The molecule has 1 aromatic rings. The first-order chi connectivity index (χ1) is 8.16. The zero-order chi connectivity index (χ0) is 12.3. The van der Waals surface area contributed by atoms with Gasteiger partial charge in [0.05, 0.1) is 6.61 Å². The SMILES string of the molecule is Cc1cccc(C(N)CN2CCCOC2=O)c1. The monoisotopic (exact) mass is 234 g/mol. The zero-order valence-corrected chi connectivity index (χ0v) is 10.1. The van der Waals surface area contributed by atoms with Crippen LogP contribution < -0.4 is 5.73 Å². The van der Waals surface area contributed by atoms with Crippen molar-refractivity contribution in [3.8, 4) is 0 Å². The van der Waals surface area contributed by atoms with Gasteiger partial charge in [-0.1, -0.05) is 29.8 Å². The van der Waals surface area contributed by atoms with E-state index < -0.39 is 0 Å². The number of amides is 1. The van der Waals surface area contributed by atoms with Crippen LogP contribution in [0.15, 0.2) is 24.3 Å². The Morgan fingerprint density at radius 3 is 3.06 bits per heavy atom. The Labute approximate surface area is 101 Å². The summed E-state index contributed by atoms with van der Waals surface area (Å²) in [4.78, 5) is 13.2. The fourth-order valence-electron chi connectivity index (χ4n) is 2.01. The first kappa shape index (κ1) is 11.9. The molecule has 2 rings (SSSR count). The Morgan fingerprint density at radius 2 is 2.35 bits per heavy atom. The molecule has 0 aromatic heterocycles. The Bertz CT molecular complexity index is 406. The molecule has 17 heavy (non-hydrogen) atoms. The second kappa shape index (κ2) is 5.19. The quantitative estimate of drug-likeness (QED) is 0.868. The average Bonchev–Trinajstić information content (AvgIpc) is 2.32. The van der Waals surface area contributed by atoms with E-state index in [1.165, 1.54) is 5.56 Å². The Morgan fingerprint density at radius 1 is 1.53 bits per heavy atom. The summed E-state index contributed by atoms with van der Waals surface area (Å²) in [6.07, 6.45) is 0.631. The van der Waals surface area contributed by atoms with Crippen LogP contribution in [0.5, 0.6) is 0 Å². The molecule has 1 atom stereocenters. The molecule has 1 unspecified atom stereocenters. The van der Waals surface area contributed by atoms with Crippen molar-refractivity contribution < 1.29 is 9.53 Å². The molecule has 1 saturated heterocycles. The third-order valence-electron chi connectivity index (χ3n) is 2.94. The van der Waals surface area contributed by atoms with Gasteiger partial charge in [-0.05, 0) is 18.9 Å². The number of aryl methyl sites for hydroxylation is 1. The topological polar surface area (TPSA) is 55.6 Å². The van der Waals surface area contributed by atoms with E-state index in [1.807, 2.05) is 25.1 Å². The highest BCUT2D eigenvalue weighted by Gasteiger charge is 2.22. The van der Waals surface area contributed by atoms with Crippen LogP contribution in [0.3, 0.4) is 0 Å². The number of rotatable bonds is 3. The van der Waals surface area contributed by atoms with Gasteiger partial charge in [0.1, 0.15) is 0 Å². The molecule has 1 aliphatic heterocycles. The largest absolute Gasteiger partial charge is 0.449 e. The lowest BCUT2D eigenvalue weighted by atomic mass is 10.0. The van der Waals surface area contributed by atoms with Gasteiger partial charge in [-0.25, -0.2) is 4.79 Å². The summed E-state index contributed by atoms with van der Waals surface area (Å²) in [5.74, 6) is 0. The van der Waals surface area contributed by atoms with Crippen LogP contribution in [0.1, 0.15) is 23.6 Å². The lowest BCUT2D eigenvalue weighted by molar-refractivity contribution is 0.0706. The zero-order valence-electron chi connectivity index (χ0n) is 10.1. The van der Waals surface area contributed by atoms with E-state index in [1.54, 1.807) is 4.90 Å². The van der Waals surface area contributed by atoms with E-state index in [0.717, 1.165) is 18.5 Å². The summed E-state index contributed by atoms with van der Waals surface area (Å²) < 4.78 is 4.98. The van der Waals surface area contributed by atoms with Gasteiger partial charge in [-0.15, -0.1) is 0 Å². The number of carbonyl (C=O) groups is 1. The van der Waals surface area contributed by atoms with E-state index in [-0.39, 0.29) is 12.1 Å². The van der Waals surface area contributed by atoms with Crippen molar-refractivity contribution in [2.75, 3.05) is 19.7 Å². The number of ether oxygens (including phenoxy) is 1. The van der Waals surface area contributed by atoms with E-state index in [9.17, 15) is 4.79 Å². The molecule has 92 valence electrons. The van der Waals surface area contributed by atoms with E-state index in [2.05, 4.69) is 6.07 Å². The molecule has 1 amide bonds. The molecule has 1 fully saturated rings. The highest BCUT2D eigenvalue weighted by molar-refractivity contribution is 5.68. The maximum Gasteiger partial charge on any atom is 0.409 e. The van der Waals surface area contributed by atoms with Crippen molar-refractivity contribution in [3.63, 3.8) is 0 Å². The van der Waals surface area contributed by atoms with Crippen LogP contribution in [-0.2, 0) is 4.74 Å². The number of nitrogens with two attached hydrogens (primary N) is 1. The molecule has 1 aromatic carbocycles. The third-order valence-corrected chi connectivity index (χ3v) is 2.94. The van der Waals surface area contributed by atoms with Crippen LogP contribution in [-0.4, -0.2) is 30.7 Å². The highest BCUT2D eigenvalue weighted by Crippen LogP contribution is 2.15. The molecular weight excluding hydrogens is 216 g/mol. The highest BCUT2D eigenvalue weighted by atomic mass is 16.6.